The lowest BCUT2D eigenvalue weighted by atomic mass is 10.2. The van der Waals surface area contributed by atoms with Gasteiger partial charge in [0.15, 0.2) is 5.01 Å². The molecule has 1 aliphatic heterocycles. The number of fused-ring (bicyclic) bond motifs is 1. The Bertz CT molecular complexity index is 1020. The average Bonchev–Trinajstić information content (AvgIpc) is 3.11. The van der Waals surface area contributed by atoms with Crippen LogP contribution >= 0.6 is 11.3 Å². The predicted molar refractivity (Wildman–Crippen MR) is 116 cm³/mol. The minimum absolute atomic E-state index is 0.0435. The topological polar surface area (TPSA) is 71.5 Å². The van der Waals surface area contributed by atoms with Gasteiger partial charge in [-0.25, -0.2) is 4.98 Å². The number of benzene rings is 2. The summed E-state index contributed by atoms with van der Waals surface area (Å²) >= 11 is 1.42. The molecule has 0 unspecified atom stereocenters. The number of rotatable bonds is 5. The third kappa shape index (κ3) is 4.52. The first-order valence-corrected chi connectivity index (χ1v) is 10.7. The maximum atomic E-state index is 12.7. The number of methoxy groups -OCH3 is 1. The van der Waals surface area contributed by atoms with E-state index >= 15 is 0 Å². The zero-order chi connectivity index (χ0) is 20.9. The van der Waals surface area contributed by atoms with Gasteiger partial charge in [0.05, 0.1) is 12.8 Å². The van der Waals surface area contributed by atoms with Crippen molar-refractivity contribution in [2.75, 3.05) is 20.2 Å². The number of hydrogen-bond acceptors (Lipinski definition) is 5. The van der Waals surface area contributed by atoms with E-state index < -0.39 is 0 Å². The lowest BCUT2D eigenvalue weighted by Crippen LogP contribution is -2.33. The van der Waals surface area contributed by atoms with E-state index in [2.05, 4.69) is 10.3 Å². The molecular formula is C23H23N3O3S. The van der Waals surface area contributed by atoms with Crippen molar-refractivity contribution < 1.29 is 14.3 Å². The predicted octanol–water partition coefficient (Wildman–Crippen LogP) is 3.32. The van der Waals surface area contributed by atoms with E-state index in [9.17, 15) is 9.59 Å². The second-order valence-corrected chi connectivity index (χ2v) is 8.16. The number of nitrogens with one attached hydrogen (secondary N) is 1. The molecule has 0 bridgehead atoms. The minimum atomic E-state index is -0.173. The summed E-state index contributed by atoms with van der Waals surface area (Å²) in [5.41, 5.74) is 2.60. The maximum absolute atomic E-state index is 12.7. The van der Waals surface area contributed by atoms with Gasteiger partial charge in [0.2, 0.25) is 0 Å². The van der Waals surface area contributed by atoms with E-state index in [-0.39, 0.29) is 11.8 Å². The van der Waals surface area contributed by atoms with Crippen LogP contribution in [-0.4, -0.2) is 41.9 Å². The Balaban J connectivity index is 1.37. The van der Waals surface area contributed by atoms with Gasteiger partial charge in [-0.1, -0.05) is 30.3 Å². The molecule has 0 aliphatic carbocycles. The maximum Gasteiger partial charge on any atom is 0.280 e. The van der Waals surface area contributed by atoms with Gasteiger partial charge in [-0.3, -0.25) is 9.59 Å². The number of ether oxygens (including phenoxy) is 1. The molecule has 2 heterocycles. The molecule has 0 radical (unpaired) electrons. The number of carbonyl (C=O) groups excluding carboxylic acids is 2. The molecule has 2 aromatic carbocycles. The molecule has 0 saturated carbocycles. The highest BCUT2D eigenvalue weighted by atomic mass is 32.1. The third-order valence-electron chi connectivity index (χ3n) is 5.09. The molecule has 1 N–H and O–H groups in total. The fourth-order valence-electron chi connectivity index (χ4n) is 3.47. The SMILES string of the molecule is COc1cccc(CNC(=O)c2nc3c(s2)CCN(C(=O)c2ccccc2)CC3)c1. The van der Waals surface area contributed by atoms with E-state index in [0.29, 0.717) is 36.6 Å². The number of aromatic nitrogens is 1. The van der Waals surface area contributed by atoms with E-state index in [0.717, 1.165) is 28.3 Å². The normalized spacial score (nSPS) is 13.3. The van der Waals surface area contributed by atoms with Gasteiger partial charge in [-0.2, -0.15) is 0 Å². The largest absolute Gasteiger partial charge is 0.497 e. The van der Waals surface area contributed by atoms with Crippen molar-refractivity contribution in [3.63, 3.8) is 0 Å². The van der Waals surface area contributed by atoms with Crippen LogP contribution in [0.5, 0.6) is 5.75 Å². The Kier molecular flexibility index (Phi) is 6.09. The van der Waals surface area contributed by atoms with Crippen LogP contribution in [0.3, 0.4) is 0 Å². The molecule has 4 rings (SSSR count). The van der Waals surface area contributed by atoms with Crippen LogP contribution in [0, 0.1) is 0 Å². The number of thiazole rings is 1. The summed E-state index contributed by atoms with van der Waals surface area (Å²) in [7, 11) is 1.62. The van der Waals surface area contributed by atoms with Crippen molar-refractivity contribution in [3.05, 3.63) is 81.3 Å². The summed E-state index contributed by atoms with van der Waals surface area (Å²) in [5.74, 6) is 0.632. The van der Waals surface area contributed by atoms with Gasteiger partial charge in [0.25, 0.3) is 11.8 Å². The van der Waals surface area contributed by atoms with Gasteiger partial charge < -0.3 is 15.0 Å². The third-order valence-corrected chi connectivity index (χ3v) is 6.25. The summed E-state index contributed by atoms with van der Waals surface area (Å²) in [6, 6.07) is 16.9. The fourth-order valence-corrected chi connectivity index (χ4v) is 4.48. The van der Waals surface area contributed by atoms with E-state index in [1.807, 2.05) is 59.5 Å². The van der Waals surface area contributed by atoms with Gasteiger partial charge in [-0.15, -0.1) is 11.3 Å². The van der Waals surface area contributed by atoms with Crippen molar-refractivity contribution in [2.24, 2.45) is 0 Å². The summed E-state index contributed by atoms with van der Waals surface area (Å²) < 4.78 is 5.22. The first-order valence-electron chi connectivity index (χ1n) is 9.88. The molecule has 7 heteroatoms. The highest BCUT2D eigenvalue weighted by Gasteiger charge is 2.23. The zero-order valence-electron chi connectivity index (χ0n) is 16.8. The minimum Gasteiger partial charge on any atom is -0.497 e. The zero-order valence-corrected chi connectivity index (χ0v) is 17.6. The van der Waals surface area contributed by atoms with Crippen LogP contribution in [-0.2, 0) is 19.4 Å². The molecule has 2 amide bonds. The average molecular weight is 422 g/mol. The quantitative estimate of drug-likeness (QED) is 0.686. The molecule has 0 atom stereocenters. The highest BCUT2D eigenvalue weighted by molar-refractivity contribution is 7.13. The number of amides is 2. The van der Waals surface area contributed by atoms with Crippen molar-refractivity contribution in [3.8, 4) is 5.75 Å². The lowest BCUT2D eigenvalue weighted by Gasteiger charge is -2.20. The molecule has 1 aromatic heterocycles. The molecule has 0 saturated heterocycles. The van der Waals surface area contributed by atoms with Crippen molar-refractivity contribution in [1.82, 2.24) is 15.2 Å². The summed E-state index contributed by atoms with van der Waals surface area (Å²) in [6.45, 7) is 1.66. The van der Waals surface area contributed by atoms with Crippen LogP contribution in [0.15, 0.2) is 54.6 Å². The van der Waals surface area contributed by atoms with Crippen LogP contribution in [0.2, 0.25) is 0 Å². The van der Waals surface area contributed by atoms with E-state index in [4.69, 9.17) is 4.74 Å². The second-order valence-electron chi connectivity index (χ2n) is 7.08. The molecule has 0 fully saturated rings. The summed E-state index contributed by atoms with van der Waals surface area (Å²) in [5, 5.41) is 3.41. The lowest BCUT2D eigenvalue weighted by molar-refractivity contribution is 0.0762. The second kappa shape index (κ2) is 9.09. The summed E-state index contributed by atoms with van der Waals surface area (Å²) in [6.07, 6.45) is 1.38. The Hall–Kier alpha value is -3.19. The molecule has 154 valence electrons. The van der Waals surface area contributed by atoms with E-state index in [1.54, 1.807) is 7.11 Å². The van der Waals surface area contributed by atoms with Gasteiger partial charge in [0, 0.05) is 42.9 Å². The standard InChI is InChI=1S/C23H23N3O3S/c1-29-18-9-5-6-16(14-18)15-24-21(27)22-25-19-10-12-26(13-11-20(19)30-22)23(28)17-7-3-2-4-8-17/h2-9,14H,10-13,15H2,1H3,(H,24,27). The van der Waals surface area contributed by atoms with Crippen molar-refractivity contribution >= 4 is 23.2 Å². The smallest absolute Gasteiger partial charge is 0.280 e. The molecule has 30 heavy (non-hydrogen) atoms. The first kappa shape index (κ1) is 20.1. The van der Waals surface area contributed by atoms with Gasteiger partial charge in [0.1, 0.15) is 5.75 Å². The number of carbonyl (C=O) groups is 2. The molecular weight excluding hydrogens is 398 g/mol. The van der Waals surface area contributed by atoms with Crippen molar-refractivity contribution in [2.45, 2.75) is 19.4 Å². The molecule has 0 spiro atoms. The molecule has 3 aromatic rings. The summed E-state index contributed by atoms with van der Waals surface area (Å²) in [4.78, 5) is 32.8. The Morgan fingerprint density at radius 2 is 1.90 bits per heavy atom. The van der Waals surface area contributed by atoms with Crippen LogP contribution in [0.1, 0.15) is 36.3 Å². The van der Waals surface area contributed by atoms with E-state index in [1.165, 1.54) is 11.3 Å². The molecule has 6 nitrogen and oxygen atoms in total. The van der Waals surface area contributed by atoms with Gasteiger partial charge in [-0.05, 0) is 29.8 Å². The Labute approximate surface area is 179 Å². The van der Waals surface area contributed by atoms with Gasteiger partial charge >= 0.3 is 0 Å². The fraction of sp³-hybridized carbons (Fsp3) is 0.261. The Morgan fingerprint density at radius 1 is 1.10 bits per heavy atom. The van der Waals surface area contributed by atoms with Crippen LogP contribution in [0.25, 0.3) is 0 Å². The number of nitrogens with zero attached hydrogens (tertiary/aromatic N) is 2. The Morgan fingerprint density at radius 3 is 2.70 bits per heavy atom. The first-order chi connectivity index (χ1) is 14.6. The monoisotopic (exact) mass is 421 g/mol. The van der Waals surface area contributed by atoms with Crippen LogP contribution < -0.4 is 10.1 Å². The highest BCUT2D eigenvalue weighted by Crippen LogP contribution is 2.24. The number of hydrogen-bond donors (Lipinski definition) is 1. The van der Waals surface area contributed by atoms with Crippen LogP contribution in [0.4, 0.5) is 0 Å². The molecule has 1 aliphatic rings. The van der Waals surface area contributed by atoms with Crippen molar-refractivity contribution in [1.29, 1.82) is 0 Å².